The van der Waals surface area contributed by atoms with Gasteiger partial charge in [0.25, 0.3) is 0 Å². The van der Waals surface area contributed by atoms with E-state index >= 15 is 0 Å². The van der Waals surface area contributed by atoms with Crippen LogP contribution in [-0.2, 0) is 0 Å². The Morgan fingerprint density at radius 1 is 1.35 bits per heavy atom. The van der Waals surface area contributed by atoms with Crippen molar-refractivity contribution in [2.45, 2.75) is 25.1 Å². The Kier molecular flexibility index (Phi) is 3.25. The van der Waals surface area contributed by atoms with Crippen molar-refractivity contribution < 1.29 is 9.13 Å². The lowest BCUT2D eigenvalue weighted by Gasteiger charge is -2.52. The van der Waals surface area contributed by atoms with E-state index in [1.165, 1.54) is 6.07 Å². The van der Waals surface area contributed by atoms with Crippen molar-refractivity contribution in [1.29, 1.82) is 0 Å². The third-order valence-electron chi connectivity index (χ3n) is 4.33. The lowest BCUT2D eigenvalue weighted by molar-refractivity contribution is 0.0492. The maximum Gasteiger partial charge on any atom is 0.188 e. The molecule has 0 aromatic heterocycles. The number of nitrogens with one attached hydrogen (secondary N) is 1. The standard InChI is InChI=1S/C17H14ClFN2OS/c1-17-9-13(11-8-10(18)6-7-15(11)22-17)20-16(23)21(17)14-5-3-2-4-12(14)19/h2-8,13H,9H2,1H3,(H,20,23). The summed E-state index contributed by atoms with van der Waals surface area (Å²) in [7, 11) is 0. The number of hydrogen-bond acceptors (Lipinski definition) is 2. The first-order chi connectivity index (χ1) is 11.0. The Labute approximate surface area is 144 Å². The van der Waals surface area contributed by atoms with Gasteiger partial charge in [-0.3, -0.25) is 4.90 Å². The van der Waals surface area contributed by atoms with Crippen molar-refractivity contribution in [3.05, 3.63) is 58.9 Å². The molecule has 1 N–H and O–H groups in total. The quantitative estimate of drug-likeness (QED) is 0.771. The largest absolute Gasteiger partial charge is 0.467 e. The van der Waals surface area contributed by atoms with Gasteiger partial charge in [0, 0.05) is 17.0 Å². The highest BCUT2D eigenvalue weighted by molar-refractivity contribution is 7.80. The molecule has 4 rings (SSSR count). The molecule has 0 aliphatic carbocycles. The molecule has 2 unspecified atom stereocenters. The summed E-state index contributed by atoms with van der Waals surface area (Å²) in [5.41, 5.74) is 0.629. The number of halogens is 2. The third kappa shape index (κ3) is 2.26. The van der Waals surface area contributed by atoms with Crippen molar-refractivity contribution in [3.63, 3.8) is 0 Å². The maximum atomic E-state index is 14.3. The Morgan fingerprint density at radius 2 is 2.13 bits per heavy atom. The average Bonchev–Trinajstić information content (AvgIpc) is 2.49. The summed E-state index contributed by atoms with van der Waals surface area (Å²) in [6.07, 6.45) is 0.634. The van der Waals surface area contributed by atoms with Crippen LogP contribution in [0.1, 0.15) is 24.9 Å². The molecule has 1 fully saturated rings. The fourth-order valence-corrected chi connectivity index (χ4v) is 3.96. The van der Waals surface area contributed by atoms with Gasteiger partial charge in [-0.05, 0) is 49.5 Å². The van der Waals surface area contributed by atoms with Crippen LogP contribution in [0.25, 0.3) is 0 Å². The Bertz CT molecular complexity index is 815. The van der Waals surface area contributed by atoms with Crippen LogP contribution in [0.4, 0.5) is 10.1 Å². The van der Waals surface area contributed by atoms with Crippen LogP contribution in [0.5, 0.6) is 5.75 Å². The number of hydrogen-bond donors (Lipinski definition) is 1. The molecule has 2 heterocycles. The molecular formula is C17H14ClFN2OS. The van der Waals surface area contributed by atoms with Gasteiger partial charge in [0.2, 0.25) is 0 Å². The molecule has 2 aliphatic heterocycles. The van der Waals surface area contributed by atoms with Gasteiger partial charge in [-0.15, -0.1) is 0 Å². The van der Waals surface area contributed by atoms with Crippen LogP contribution in [0.3, 0.4) is 0 Å². The second-order valence-electron chi connectivity index (χ2n) is 5.95. The van der Waals surface area contributed by atoms with E-state index in [0.717, 1.165) is 11.3 Å². The average molecular weight is 349 g/mol. The molecular weight excluding hydrogens is 335 g/mol. The molecule has 0 saturated carbocycles. The molecule has 2 atom stereocenters. The number of benzene rings is 2. The monoisotopic (exact) mass is 348 g/mol. The van der Waals surface area contributed by atoms with E-state index in [9.17, 15) is 4.39 Å². The zero-order chi connectivity index (χ0) is 16.2. The van der Waals surface area contributed by atoms with Gasteiger partial charge < -0.3 is 10.1 Å². The highest BCUT2D eigenvalue weighted by Gasteiger charge is 2.48. The molecule has 0 radical (unpaired) electrons. The molecule has 3 nitrogen and oxygen atoms in total. The molecule has 1 saturated heterocycles. The van der Waals surface area contributed by atoms with Crippen molar-refractivity contribution >= 4 is 34.6 Å². The summed E-state index contributed by atoms with van der Waals surface area (Å²) >= 11 is 11.6. The number of rotatable bonds is 1. The Morgan fingerprint density at radius 3 is 2.91 bits per heavy atom. The minimum absolute atomic E-state index is 0.00188. The number of para-hydroxylation sites is 1. The highest BCUT2D eigenvalue weighted by atomic mass is 35.5. The minimum Gasteiger partial charge on any atom is -0.467 e. The predicted octanol–water partition coefficient (Wildman–Crippen LogP) is 4.41. The third-order valence-corrected chi connectivity index (χ3v) is 4.86. The summed E-state index contributed by atoms with van der Waals surface area (Å²) in [5.74, 6) is 0.409. The van der Waals surface area contributed by atoms with Gasteiger partial charge in [-0.1, -0.05) is 23.7 Å². The first-order valence-corrected chi connectivity index (χ1v) is 8.10. The minimum atomic E-state index is -0.754. The summed E-state index contributed by atoms with van der Waals surface area (Å²) in [5, 5.41) is 4.38. The van der Waals surface area contributed by atoms with Crippen LogP contribution >= 0.6 is 23.8 Å². The van der Waals surface area contributed by atoms with E-state index in [-0.39, 0.29) is 11.9 Å². The van der Waals surface area contributed by atoms with Crippen LogP contribution in [0, 0.1) is 5.82 Å². The first-order valence-electron chi connectivity index (χ1n) is 7.32. The van der Waals surface area contributed by atoms with E-state index < -0.39 is 5.72 Å². The molecule has 2 aromatic carbocycles. The SMILES string of the molecule is CC12CC(NC(=S)N1c1ccccc1F)c1cc(Cl)ccc1O2. The van der Waals surface area contributed by atoms with E-state index in [2.05, 4.69) is 5.32 Å². The maximum absolute atomic E-state index is 14.3. The zero-order valence-electron chi connectivity index (χ0n) is 12.3. The van der Waals surface area contributed by atoms with Gasteiger partial charge in [-0.25, -0.2) is 4.39 Å². The lowest BCUT2D eigenvalue weighted by atomic mass is 9.90. The topological polar surface area (TPSA) is 24.5 Å². The van der Waals surface area contributed by atoms with Crippen molar-refractivity contribution in [1.82, 2.24) is 5.32 Å². The van der Waals surface area contributed by atoms with Gasteiger partial charge in [0.1, 0.15) is 11.6 Å². The number of thiocarbonyl (C=S) groups is 1. The fourth-order valence-electron chi connectivity index (χ4n) is 3.34. The molecule has 6 heteroatoms. The van der Waals surface area contributed by atoms with Crippen LogP contribution < -0.4 is 15.0 Å². The molecule has 23 heavy (non-hydrogen) atoms. The molecule has 0 spiro atoms. The Balaban J connectivity index is 1.83. The van der Waals surface area contributed by atoms with E-state index in [1.807, 2.05) is 19.1 Å². The van der Waals surface area contributed by atoms with Crippen LogP contribution in [0.2, 0.25) is 5.02 Å². The van der Waals surface area contributed by atoms with E-state index in [4.69, 9.17) is 28.6 Å². The second-order valence-corrected chi connectivity index (χ2v) is 6.78. The smallest absolute Gasteiger partial charge is 0.188 e. The number of nitrogens with zero attached hydrogens (tertiary/aromatic N) is 1. The molecule has 118 valence electrons. The van der Waals surface area contributed by atoms with Gasteiger partial charge in [0.15, 0.2) is 10.8 Å². The lowest BCUT2D eigenvalue weighted by Crippen LogP contribution is -2.65. The number of fused-ring (bicyclic) bond motifs is 4. The first kappa shape index (κ1) is 14.7. The summed E-state index contributed by atoms with van der Waals surface area (Å²) in [4.78, 5) is 1.71. The van der Waals surface area contributed by atoms with Gasteiger partial charge >= 0.3 is 0 Å². The zero-order valence-corrected chi connectivity index (χ0v) is 13.9. The fraction of sp³-hybridized carbons (Fsp3) is 0.235. The van der Waals surface area contributed by atoms with Crippen molar-refractivity contribution in [3.8, 4) is 5.75 Å². The molecule has 2 bridgehead atoms. The summed E-state index contributed by atoms with van der Waals surface area (Å²) < 4.78 is 20.5. The number of anilines is 1. The highest BCUT2D eigenvalue weighted by Crippen LogP contribution is 2.46. The predicted molar refractivity (Wildman–Crippen MR) is 92.5 cm³/mol. The normalized spacial score (nSPS) is 25.4. The second kappa shape index (κ2) is 5.08. The molecule has 2 aliphatic rings. The Hall–Kier alpha value is -1.85. The molecule has 2 aromatic rings. The van der Waals surface area contributed by atoms with E-state index in [0.29, 0.717) is 22.2 Å². The summed E-state index contributed by atoms with van der Waals surface area (Å²) in [6.45, 7) is 1.93. The van der Waals surface area contributed by atoms with E-state index in [1.54, 1.807) is 29.2 Å². The summed E-state index contributed by atoms with van der Waals surface area (Å²) in [6, 6.07) is 12.1. The van der Waals surface area contributed by atoms with Gasteiger partial charge in [-0.2, -0.15) is 0 Å². The van der Waals surface area contributed by atoms with Crippen LogP contribution in [-0.4, -0.2) is 10.8 Å². The van der Waals surface area contributed by atoms with Crippen molar-refractivity contribution in [2.24, 2.45) is 0 Å². The van der Waals surface area contributed by atoms with Crippen LogP contribution in [0.15, 0.2) is 42.5 Å². The van der Waals surface area contributed by atoms with Gasteiger partial charge in [0.05, 0.1) is 11.7 Å². The number of ether oxygens (including phenoxy) is 1. The molecule has 0 amide bonds. The van der Waals surface area contributed by atoms with Crippen molar-refractivity contribution in [2.75, 3.05) is 4.90 Å².